The quantitative estimate of drug-likeness (QED) is 0.257. The topological polar surface area (TPSA) is 48.5 Å². The minimum Gasteiger partial charge on any atom is -0.354 e. The minimum atomic E-state index is -4.42. The number of pyridine rings is 1. The number of amides is 1. The Bertz CT molecular complexity index is 1030. The van der Waals surface area contributed by atoms with E-state index in [0.29, 0.717) is 36.5 Å². The number of nitrogens with zero attached hydrogens (tertiary/aromatic N) is 3. The van der Waals surface area contributed by atoms with Crippen molar-refractivity contribution < 1.29 is 18.0 Å². The van der Waals surface area contributed by atoms with Gasteiger partial charge >= 0.3 is 6.18 Å². The fourth-order valence-corrected chi connectivity index (χ4v) is 5.70. The molecule has 39 heavy (non-hydrogen) atoms. The number of aromatic nitrogens is 1. The van der Waals surface area contributed by atoms with Crippen molar-refractivity contribution in [2.24, 2.45) is 0 Å². The van der Waals surface area contributed by atoms with Gasteiger partial charge in [-0.2, -0.15) is 24.9 Å². The predicted octanol–water partition coefficient (Wildman–Crippen LogP) is 7.40. The Hall–Kier alpha value is -2.26. The van der Waals surface area contributed by atoms with Gasteiger partial charge in [0.15, 0.2) is 0 Å². The standard InChI is InChI=1S/C30H43F3N4OS/c1-22(2)24-11-9-12-25(23(3)4)29(24)35-28(38)21-39-20-8-6-5-7-15-36-16-18-37(19-17-36)27-14-10-13-26(34-27)30(31,32)33/h9-14,22-23H,5-8,15-21H2,1-4H3,(H,35,38). The van der Waals surface area contributed by atoms with Crippen LogP contribution >= 0.6 is 11.8 Å². The second-order valence-corrected chi connectivity index (χ2v) is 11.9. The van der Waals surface area contributed by atoms with E-state index in [2.05, 4.69) is 61.1 Å². The molecule has 1 aromatic carbocycles. The van der Waals surface area contributed by atoms with E-state index >= 15 is 0 Å². The number of benzene rings is 1. The number of para-hydroxylation sites is 1. The molecule has 1 saturated heterocycles. The largest absolute Gasteiger partial charge is 0.433 e. The van der Waals surface area contributed by atoms with Gasteiger partial charge < -0.3 is 10.2 Å². The van der Waals surface area contributed by atoms with Gasteiger partial charge in [-0.25, -0.2) is 4.98 Å². The second-order valence-electron chi connectivity index (χ2n) is 10.8. The van der Waals surface area contributed by atoms with Crippen LogP contribution in [0.5, 0.6) is 0 Å². The molecule has 1 amide bonds. The van der Waals surface area contributed by atoms with E-state index in [9.17, 15) is 18.0 Å². The monoisotopic (exact) mass is 564 g/mol. The van der Waals surface area contributed by atoms with Crippen molar-refractivity contribution in [1.29, 1.82) is 0 Å². The predicted molar refractivity (Wildman–Crippen MR) is 157 cm³/mol. The van der Waals surface area contributed by atoms with E-state index in [0.717, 1.165) is 62.8 Å². The zero-order valence-corrected chi connectivity index (χ0v) is 24.5. The van der Waals surface area contributed by atoms with Crippen LogP contribution in [0.15, 0.2) is 36.4 Å². The van der Waals surface area contributed by atoms with Crippen molar-refractivity contribution in [3.05, 3.63) is 53.2 Å². The van der Waals surface area contributed by atoms with Crippen LogP contribution in [-0.4, -0.2) is 60.0 Å². The van der Waals surface area contributed by atoms with Crippen LogP contribution in [0, 0.1) is 0 Å². The molecule has 3 rings (SSSR count). The summed E-state index contributed by atoms with van der Waals surface area (Å²) in [6.07, 6.45) is 0.0573. The molecule has 1 N–H and O–H groups in total. The molecule has 2 aromatic rings. The van der Waals surface area contributed by atoms with Gasteiger partial charge in [-0.15, -0.1) is 0 Å². The Kier molecular flexibility index (Phi) is 12.0. The van der Waals surface area contributed by atoms with Gasteiger partial charge in [0, 0.05) is 31.9 Å². The average molecular weight is 565 g/mol. The smallest absolute Gasteiger partial charge is 0.354 e. The highest BCUT2D eigenvalue weighted by molar-refractivity contribution is 7.99. The lowest BCUT2D eigenvalue weighted by atomic mass is 9.92. The Morgan fingerprint density at radius 2 is 1.54 bits per heavy atom. The Labute approximate surface area is 235 Å². The van der Waals surface area contributed by atoms with E-state index in [4.69, 9.17) is 0 Å². The van der Waals surface area contributed by atoms with Crippen LogP contribution in [0.3, 0.4) is 0 Å². The van der Waals surface area contributed by atoms with Crippen LogP contribution in [0.25, 0.3) is 0 Å². The fourth-order valence-electron chi connectivity index (χ4n) is 4.89. The lowest BCUT2D eigenvalue weighted by Crippen LogP contribution is -2.47. The number of halogens is 3. The van der Waals surface area contributed by atoms with Crippen molar-refractivity contribution in [3.63, 3.8) is 0 Å². The summed E-state index contributed by atoms with van der Waals surface area (Å²) < 4.78 is 38.8. The molecule has 1 fully saturated rings. The lowest BCUT2D eigenvalue weighted by molar-refractivity contribution is -0.141. The minimum absolute atomic E-state index is 0.0643. The molecule has 2 heterocycles. The third kappa shape index (κ3) is 9.71. The molecule has 0 aliphatic carbocycles. The molecule has 5 nitrogen and oxygen atoms in total. The highest BCUT2D eigenvalue weighted by atomic mass is 32.2. The number of anilines is 2. The van der Waals surface area contributed by atoms with E-state index in [1.807, 2.05) is 4.90 Å². The third-order valence-corrected chi connectivity index (χ3v) is 8.15. The van der Waals surface area contributed by atoms with E-state index in [-0.39, 0.29) is 5.91 Å². The number of rotatable bonds is 13. The molecule has 0 spiro atoms. The molecule has 1 aliphatic rings. The first kappa shape index (κ1) is 31.3. The van der Waals surface area contributed by atoms with Crippen molar-refractivity contribution in [3.8, 4) is 0 Å². The molecule has 216 valence electrons. The highest BCUT2D eigenvalue weighted by Crippen LogP contribution is 2.32. The summed E-state index contributed by atoms with van der Waals surface area (Å²) in [6, 6.07) is 10.4. The molecule has 0 saturated carbocycles. The van der Waals surface area contributed by atoms with Crippen LogP contribution in [0.4, 0.5) is 24.7 Å². The summed E-state index contributed by atoms with van der Waals surface area (Å²) in [5, 5.41) is 3.19. The van der Waals surface area contributed by atoms with Gasteiger partial charge in [0.1, 0.15) is 11.5 Å². The van der Waals surface area contributed by atoms with Crippen LogP contribution in [-0.2, 0) is 11.0 Å². The van der Waals surface area contributed by atoms with Crippen molar-refractivity contribution in [2.45, 2.75) is 71.4 Å². The number of thioether (sulfide) groups is 1. The first-order chi connectivity index (χ1) is 18.6. The molecular formula is C30H43F3N4OS. The van der Waals surface area contributed by atoms with E-state index < -0.39 is 11.9 Å². The molecule has 0 atom stereocenters. The number of piperazine rings is 1. The molecule has 0 radical (unpaired) electrons. The highest BCUT2D eigenvalue weighted by Gasteiger charge is 2.33. The second kappa shape index (κ2) is 14.9. The van der Waals surface area contributed by atoms with Gasteiger partial charge in [0.25, 0.3) is 0 Å². The number of nitrogens with one attached hydrogen (secondary N) is 1. The first-order valence-electron chi connectivity index (χ1n) is 14.1. The van der Waals surface area contributed by atoms with E-state index in [1.165, 1.54) is 17.2 Å². The number of unbranched alkanes of at least 4 members (excludes halogenated alkanes) is 3. The van der Waals surface area contributed by atoms with Crippen molar-refractivity contribution in [1.82, 2.24) is 9.88 Å². The summed E-state index contributed by atoms with van der Waals surface area (Å²) in [7, 11) is 0. The molecule has 0 unspecified atom stereocenters. The van der Waals surface area contributed by atoms with Crippen molar-refractivity contribution in [2.75, 3.05) is 54.4 Å². The molecule has 0 bridgehead atoms. The van der Waals surface area contributed by atoms with Crippen LogP contribution < -0.4 is 10.2 Å². The maximum absolute atomic E-state index is 12.9. The van der Waals surface area contributed by atoms with Gasteiger partial charge in [-0.1, -0.05) is 64.8 Å². The summed E-state index contributed by atoms with van der Waals surface area (Å²) in [5.74, 6) is 2.61. The Balaban J connectivity index is 1.28. The van der Waals surface area contributed by atoms with Crippen LogP contribution in [0.1, 0.15) is 82.0 Å². The summed E-state index contributed by atoms with van der Waals surface area (Å²) in [4.78, 5) is 20.8. The van der Waals surface area contributed by atoms with Crippen LogP contribution in [0.2, 0.25) is 0 Å². The number of hydrogen-bond donors (Lipinski definition) is 1. The lowest BCUT2D eigenvalue weighted by Gasteiger charge is -2.35. The van der Waals surface area contributed by atoms with Crippen molar-refractivity contribution >= 4 is 29.2 Å². The maximum Gasteiger partial charge on any atom is 0.433 e. The number of hydrogen-bond acceptors (Lipinski definition) is 5. The maximum atomic E-state index is 12.9. The average Bonchev–Trinajstić information content (AvgIpc) is 2.90. The molecular weight excluding hydrogens is 521 g/mol. The number of carbonyl (C=O) groups excluding carboxylic acids is 1. The normalized spacial score (nSPS) is 14.8. The summed E-state index contributed by atoms with van der Waals surface area (Å²) in [5.41, 5.74) is 2.53. The Morgan fingerprint density at radius 3 is 2.15 bits per heavy atom. The summed E-state index contributed by atoms with van der Waals surface area (Å²) >= 11 is 1.69. The third-order valence-electron chi connectivity index (χ3n) is 7.10. The van der Waals surface area contributed by atoms with E-state index in [1.54, 1.807) is 17.8 Å². The van der Waals surface area contributed by atoms with Gasteiger partial charge in [-0.3, -0.25) is 9.69 Å². The van der Waals surface area contributed by atoms with Gasteiger partial charge in [0.2, 0.25) is 5.91 Å². The molecule has 1 aromatic heterocycles. The molecule has 9 heteroatoms. The zero-order chi connectivity index (χ0) is 28.4. The SMILES string of the molecule is CC(C)c1cccc(C(C)C)c1NC(=O)CSCCCCCCN1CCN(c2cccc(C(F)(F)F)n2)CC1. The Morgan fingerprint density at radius 1 is 0.923 bits per heavy atom. The van der Waals surface area contributed by atoms with Gasteiger partial charge in [-0.05, 0) is 60.2 Å². The number of carbonyl (C=O) groups is 1. The zero-order valence-electron chi connectivity index (χ0n) is 23.7. The first-order valence-corrected chi connectivity index (χ1v) is 15.2. The summed E-state index contributed by atoms with van der Waals surface area (Å²) in [6.45, 7) is 12.7. The van der Waals surface area contributed by atoms with Gasteiger partial charge in [0.05, 0.1) is 5.75 Å². The molecule has 1 aliphatic heterocycles. The number of alkyl halides is 3. The fraction of sp³-hybridized carbons (Fsp3) is 0.600.